The van der Waals surface area contributed by atoms with Crippen molar-refractivity contribution >= 4 is 35.0 Å². The fourth-order valence-corrected chi connectivity index (χ4v) is 0.345. The van der Waals surface area contributed by atoms with Crippen LogP contribution in [0, 0.1) is 0 Å². The number of halogens is 2. The van der Waals surface area contributed by atoms with Gasteiger partial charge >= 0.3 is 6.07 Å². The van der Waals surface area contributed by atoms with Crippen molar-refractivity contribution in [1.29, 1.82) is 0 Å². The number of rotatable bonds is 2. The lowest BCUT2D eigenvalue weighted by molar-refractivity contribution is -0.120. The Morgan fingerprint density at radius 1 is 1.57 bits per heavy atom. The Labute approximate surface area is 49.6 Å². The summed E-state index contributed by atoms with van der Waals surface area (Å²) in [7, 11) is 0. The highest BCUT2D eigenvalue weighted by Gasteiger charge is 2.12. The molecule has 0 aromatic heterocycles. The molecule has 0 saturated carbocycles. The van der Waals surface area contributed by atoms with Crippen LogP contribution in [0.25, 0.3) is 0 Å². The second kappa shape index (κ2) is 2.55. The molecule has 0 unspecified atom stereocenters. The highest BCUT2D eigenvalue weighted by molar-refractivity contribution is 8.05. The molecule has 0 aliphatic carbocycles. The van der Waals surface area contributed by atoms with Gasteiger partial charge in [0.15, 0.2) is 0 Å². The summed E-state index contributed by atoms with van der Waals surface area (Å²) in [6, 6.07) is 0. The van der Waals surface area contributed by atoms with Crippen LogP contribution in [0.1, 0.15) is 0 Å². The molecule has 0 spiro atoms. The Morgan fingerprint density at radius 3 is 2.00 bits per heavy atom. The van der Waals surface area contributed by atoms with Gasteiger partial charge in [0.05, 0.1) is 0 Å². The third kappa shape index (κ3) is 6.28. The SMILES string of the molecule is O=COP(=O)(Cl)Cl. The molecular weight excluding hydrogens is 162 g/mol. The van der Waals surface area contributed by atoms with E-state index in [0.717, 1.165) is 0 Å². The van der Waals surface area contributed by atoms with Crippen molar-refractivity contribution in [3.05, 3.63) is 0 Å². The minimum absolute atomic E-state index is 0.0687. The topological polar surface area (TPSA) is 43.4 Å². The van der Waals surface area contributed by atoms with Crippen LogP contribution >= 0.6 is 28.6 Å². The number of carbonyl (C=O) groups excluding carboxylic acids is 1. The minimum Gasteiger partial charge on any atom is -0.392 e. The first-order valence-corrected chi connectivity index (χ1v) is 4.61. The summed E-state index contributed by atoms with van der Waals surface area (Å²) in [5.74, 6) is 0. The monoisotopic (exact) mass is 162 g/mol. The highest BCUT2D eigenvalue weighted by atomic mass is 35.9. The van der Waals surface area contributed by atoms with Crippen molar-refractivity contribution < 1.29 is 13.9 Å². The summed E-state index contributed by atoms with van der Waals surface area (Å²) < 4.78 is 13.5. The molecule has 0 N–H and O–H groups in total. The van der Waals surface area contributed by atoms with E-state index in [1.807, 2.05) is 0 Å². The summed E-state index contributed by atoms with van der Waals surface area (Å²) >= 11 is 9.40. The van der Waals surface area contributed by atoms with Gasteiger partial charge in [0.2, 0.25) is 0 Å². The maximum absolute atomic E-state index is 9.89. The van der Waals surface area contributed by atoms with Gasteiger partial charge in [-0.2, -0.15) is 0 Å². The zero-order valence-electron chi connectivity index (χ0n) is 3.01. The fraction of sp³-hybridized carbons (Fsp3) is 0. The molecule has 0 saturated heterocycles. The van der Waals surface area contributed by atoms with Gasteiger partial charge in [-0.05, 0) is 0 Å². The number of carbonyl (C=O) groups is 1. The molecule has 0 atom stereocenters. The Morgan fingerprint density at radius 2 is 2.00 bits per heavy atom. The summed E-state index contributed by atoms with van der Waals surface area (Å²) in [5, 5.41) is 0. The van der Waals surface area contributed by atoms with Crippen LogP contribution in [-0.4, -0.2) is 6.47 Å². The van der Waals surface area contributed by atoms with Gasteiger partial charge in [0, 0.05) is 22.5 Å². The van der Waals surface area contributed by atoms with E-state index in [2.05, 4.69) is 4.52 Å². The third-order valence-electron chi connectivity index (χ3n) is 0.166. The number of hydrogen-bond donors (Lipinski definition) is 0. The molecular formula is CHCl2O3P. The van der Waals surface area contributed by atoms with Gasteiger partial charge in [-0.15, -0.1) is 0 Å². The lowest BCUT2D eigenvalue weighted by Crippen LogP contribution is -1.69. The molecule has 0 aliphatic heterocycles. The Kier molecular flexibility index (Phi) is 2.66. The first-order valence-electron chi connectivity index (χ1n) is 1.17. The van der Waals surface area contributed by atoms with E-state index < -0.39 is 6.07 Å². The molecule has 0 aromatic carbocycles. The predicted octanol–water partition coefficient (Wildman–Crippen LogP) is 1.75. The van der Waals surface area contributed by atoms with E-state index in [0.29, 0.717) is 0 Å². The number of hydrogen-bond acceptors (Lipinski definition) is 3. The van der Waals surface area contributed by atoms with Gasteiger partial charge in [0.1, 0.15) is 0 Å². The summed E-state index contributed by atoms with van der Waals surface area (Å²) in [6.07, 6.45) is -3.59. The molecule has 0 rings (SSSR count). The van der Waals surface area contributed by atoms with Gasteiger partial charge in [-0.25, -0.2) is 4.57 Å². The van der Waals surface area contributed by atoms with Crippen LogP contribution in [0.15, 0.2) is 0 Å². The Bertz CT molecular complexity index is 106. The van der Waals surface area contributed by atoms with E-state index in [1.54, 1.807) is 0 Å². The molecule has 0 aliphatic rings. The maximum Gasteiger partial charge on any atom is 0.430 e. The molecule has 0 bridgehead atoms. The maximum atomic E-state index is 9.89. The first-order chi connectivity index (χ1) is 3.06. The molecule has 6 heteroatoms. The van der Waals surface area contributed by atoms with Gasteiger partial charge in [0.25, 0.3) is 6.47 Å². The van der Waals surface area contributed by atoms with Crippen LogP contribution in [0.2, 0.25) is 0 Å². The summed E-state index contributed by atoms with van der Waals surface area (Å²) in [6.45, 7) is -0.0687. The Hall–Kier alpha value is 0.280. The zero-order valence-corrected chi connectivity index (χ0v) is 5.41. The Balaban J connectivity index is 3.57. The van der Waals surface area contributed by atoms with E-state index in [1.165, 1.54) is 0 Å². The van der Waals surface area contributed by atoms with E-state index in [4.69, 9.17) is 22.5 Å². The van der Waals surface area contributed by atoms with E-state index >= 15 is 0 Å². The van der Waals surface area contributed by atoms with Crippen molar-refractivity contribution in [3.63, 3.8) is 0 Å². The molecule has 42 valence electrons. The molecule has 3 nitrogen and oxygen atoms in total. The first kappa shape index (κ1) is 7.28. The zero-order chi connectivity index (χ0) is 5.91. The third-order valence-corrected chi connectivity index (χ3v) is 0.975. The smallest absolute Gasteiger partial charge is 0.392 e. The van der Waals surface area contributed by atoms with Crippen LogP contribution in [-0.2, 0) is 13.9 Å². The summed E-state index contributed by atoms with van der Waals surface area (Å²) in [5.41, 5.74) is 0. The van der Waals surface area contributed by atoms with Crippen molar-refractivity contribution in [2.24, 2.45) is 0 Å². The van der Waals surface area contributed by atoms with Crippen molar-refractivity contribution in [2.75, 3.05) is 0 Å². The fourth-order valence-electron chi connectivity index (χ4n) is 0.0501. The largest absolute Gasteiger partial charge is 0.430 e. The average Bonchev–Trinajstić information content (AvgIpc) is 1.30. The van der Waals surface area contributed by atoms with Crippen LogP contribution < -0.4 is 0 Å². The van der Waals surface area contributed by atoms with Crippen molar-refractivity contribution in [3.8, 4) is 0 Å². The normalized spacial score (nSPS) is 10.6. The quantitative estimate of drug-likeness (QED) is 0.459. The standard InChI is InChI=1S/CHCl2O3P/c2-7(3,5)6-1-4/h1H. The molecule has 0 fully saturated rings. The van der Waals surface area contributed by atoms with Gasteiger partial charge in [-0.1, -0.05) is 0 Å². The minimum atomic E-state index is -3.59. The predicted molar refractivity (Wildman–Crippen MR) is 26.5 cm³/mol. The van der Waals surface area contributed by atoms with Crippen molar-refractivity contribution in [2.45, 2.75) is 0 Å². The lowest BCUT2D eigenvalue weighted by Gasteiger charge is -1.91. The van der Waals surface area contributed by atoms with Crippen LogP contribution in [0.4, 0.5) is 0 Å². The summed E-state index contributed by atoms with van der Waals surface area (Å²) in [4.78, 5) is 9.26. The van der Waals surface area contributed by atoms with Crippen LogP contribution in [0.3, 0.4) is 0 Å². The average molecular weight is 163 g/mol. The molecule has 0 heterocycles. The molecule has 7 heavy (non-hydrogen) atoms. The van der Waals surface area contributed by atoms with Crippen molar-refractivity contribution in [1.82, 2.24) is 0 Å². The van der Waals surface area contributed by atoms with Gasteiger partial charge in [-0.3, -0.25) is 4.79 Å². The molecule has 0 aromatic rings. The second-order valence-electron chi connectivity index (χ2n) is 0.616. The van der Waals surface area contributed by atoms with Crippen LogP contribution in [0.5, 0.6) is 0 Å². The van der Waals surface area contributed by atoms with E-state index in [9.17, 15) is 9.36 Å². The highest BCUT2D eigenvalue weighted by Crippen LogP contribution is 2.56. The molecule has 0 radical (unpaired) electrons. The van der Waals surface area contributed by atoms with Gasteiger partial charge < -0.3 is 4.52 Å². The second-order valence-corrected chi connectivity index (χ2v) is 4.85. The van der Waals surface area contributed by atoms with E-state index in [-0.39, 0.29) is 6.47 Å². The molecule has 0 amide bonds. The lowest BCUT2D eigenvalue weighted by atomic mass is 11.7.